The summed E-state index contributed by atoms with van der Waals surface area (Å²) in [5.41, 5.74) is 2.30. The number of amides is 1. The molecule has 1 aromatic carbocycles. The summed E-state index contributed by atoms with van der Waals surface area (Å²) >= 11 is 1.32. The molecule has 0 unspecified atom stereocenters. The van der Waals surface area contributed by atoms with E-state index in [1.54, 1.807) is 0 Å². The van der Waals surface area contributed by atoms with E-state index >= 15 is 0 Å². The first-order chi connectivity index (χ1) is 13.6. The molecule has 3 aromatic heterocycles. The van der Waals surface area contributed by atoms with Crippen LogP contribution < -0.4 is 10.9 Å². The summed E-state index contributed by atoms with van der Waals surface area (Å²) in [5.74, 6) is -0.191. The van der Waals surface area contributed by atoms with Crippen LogP contribution in [0.15, 0.2) is 53.6 Å². The number of hydrogen-bond donors (Lipinski definition) is 1. The van der Waals surface area contributed by atoms with Crippen LogP contribution in [0.25, 0.3) is 31.7 Å². The van der Waals surface area contributed by atoms with Gasteiger partial charge >= 0.3 is 0 Å². The van der Waals surface area contributed by atoms with Gasteiger partial charge in [0.2, 0.25) is 5.91 Å². The molecular weight excluding hydrogens is 372 g/mol. The van der Waals surface area contributed by atoms with Crippen LogP contribution in [-0.4, -0.2) is 26.5 Å². The van der Waals surface area contributed by atoms with Crippen molar-refractivity contribution in [1.82, 2.24) is 19.9 Å². The first-order valence-electron chi connectivity index (χ1n) is 9.20. The summed E-state index contributed by atoms with van der Waals surface area (Å²) in [4.78, 5) is 34.9. The Balaban J connectivity index is 1.73. The number of nitrogens with zero attached hydrogens (tertiary/aromatic N) is 3. The Morgan fingerprint density at radius 3 is 2.75 bits per heavy atom. The largest absolute Gasteiger partial charge is 0.352 e. The predicted octanol–water partition coefficient (Wildman–Crippen LogP) is 3.59. The third-order valence-corrected chi connectivity index (χ3v) is 5.79. The second-order valence-corrected chi connectivity index (χ2v) is 7.75. The highest BCUT2D eigenvalue weighted by atomic mass is 32.1. The normalized spacial score (nSPS) is 12.4. The summed E-state index contributed by atoms with van der Waals surface area (Å²) in [5, 5.41) is 3.72. The Kier molecular flexibility index (Phi) is 4.92. The van der Waals surface area contributed by atoms with Gasteiger partial charge < -0.3 is 5.32 Å². The molecule has 0 saturated heterocycles. The van der Waals surface area contributed by atoms with Crippen molar-refractivity contribution in [2.45, 2.75) is 32.9 Å². The molecule has 7 heteroatoms. The standard InChI is InChI=1S/C21H20N4O2S/c1-3-13(2)23-17(26)11-25-12-22-18-15-9-10-16(14-7-5-4-6-8-14)24-20(15)28-19(18)21(25)27/h4-10,12-13H,3,11H2,1-2H3,(H,23,26)/t13-/m0/s1. The number of carbonyl (C=O) groups is 1. The number of benzene rings is 1. The van der Waals surface area contributed by atoms with Crippen molar-refractivity contribution in [3.63, 3.8) is 0 Å². The lowest BCUT2D eigenvalue weighted by atomic mass is 10.1. The van der Waals surface area contributed by atoms with E-state index < -0.39 is 0 Å². The molecular formula is C21H20N4O2S. The zero-order valence-electron chi connectivity index (χ0n) is 15.7. The van der Waals surface area contributed by atoms with Crippen LogP contribution in [0.3, 0.4) is 0 Å². The van der Waals surface area contributed by atoms with Crippen molar-refractivity contribution in [1.29, 1.82) is 0 Å². The van der Waals surface area contributed by atoms with Gasteiger partial charge in [0.15, 0.2) is 0 Å². The minimum absolute atomic E-state index is 0.0386. The smallest absolute Gasteiger partial charge is 0.271 e. The molecule has 0 radical (unpaired) electrons. The van der Waals surface area contributed by atoms with Gasteiger partial charge in [-0.3, -0.25) is 14.2 Å². The Morgan fingerprint density at radius 2 is 2.00 bits per heavy atom. The monoisotopic (exact) mass is 392 g/mol. The molecule has 0 aliphatic heterocycles. The van der Waals surface area contributed by atoms with Gasteiger partial charge in [-0.25, -0.2) is 9.97 Å². The highest BCUT2D eigenvalue weighted by Gasteiger charge is 2.15. The van der Waals surface area contributed by atoms with Crippen LogP contribution >= 0.6 is 11.3 Å². The van der Waals surface area contributed by atoms with Gasteiger partial charge in [-0.2, -0.15) is 0 Å². The number of rotatable bonds is 5. The topological polar surface area (TPSA) is 76.9 Å². The Bertz CT molecular complexity index is 1210. The van der Waals surface area contributed by atoms with E-state index in [1.807, 2.05) is 56.3 Å². The van der Waals surface area contributed by atoms with Gasteiger partial charge in [-0.1, -0.05) is 37.3 Å². The molecule has 0 aliphatic rings. The Labute approximate surface area is 165 Å². The molecule has 6 nitrogen and oxygen atoms in total. The maximum absolute atomic E-state index is 12.9. The fraction of sp³-hybridized carbons (Fsp3) is 0.238. The second-order valence-electron chi connectivity index (χ2n) is 6.75. The molecule has 0 fully saturated rings. The Hall–Kier alpha value is -3.06. The SMILES string of the molecule is CC[C@H](C)NC(=O)Cn1cnc2c(sc3nc(-c4ccccc4)ccc32)c1=O. The van der Waals surface area contributed by atoms with Crippen molar-refractivity contribution in [2.75, 3.05) is 0 Å². The van der Waals surface area contributed by atoms with Crippen molar-refractivity contribution in [2.24, 2.45) is 0 Å². The highest BCUT2D eigenvalue weighted by molar-refractivity contribution is 7.25. The van der Waals surface area contributed by atoms with Crippen LogP contribution in [0.1, 0.15) is 20.3 Å². The molecule has 1 atom stereocenters. The molecule has 0 bridgehead atoms. The van der Waals surface area contributed by atoms with E-state index in [9.17, 15) is 9.59 Å². The van der Waals surface area contributed by atoms with E-state index in [4.69, 9.17) is 4.98 Å². The summed E-state index contributed by atoms with van der Waals surface area (Å²) in [6, 6.07) is 13.9. The molecule has 0 spiro atoms. The Morgan fingerprint density at radius 1 is 1.21 bits per heavy atom. The van der Waals surface area contributed by atoms with Crippen molar-refractivity contribution in [3.05, 3.63) is 59.1 Å². The van der Waals surface area contributed by atoms with Gasteiger partial charge in [0, 0.05) is 17.0 Å². The number of fused-ring (bicyclic) bond motifs is 3. The lowest BCUT2D eigenvalue weighted by Gasteiger charge is -2.11. The van der Waals surface area contributed by atoms with E-state index in [2.05, 4.69) is 10.3 Å². The molecule has 1 N–H and O–H groups in total. The number of thiophene rings is 1. The zero-order chi connectivity index (χ0) is 19.7. The van der Waals surface area contributed by atoms with Crippen LogP contribution in [0.4, 0.5) is 0 Å². The molecule has 28 heavy (non-hydrogen) atoms. The van der Waals surface area contributed by atoms with E-state index in [0.29, 0.717) is 10.2 Å². The molecule has 1 amide bonds. The third-order valence-electron chi connectivity index (χ3n) is 4.71. The number of pyridine rings is 1. The minimum Gasteiger partial charge on any atom is -0.352 e. The quantitative estimate of drug-likeness (QED) is 0.563. The summed E-state index contributed by atoms with van der Waals surface area (Å²) in [6.45, 7) is 3.89. The van der Waals surface area contributed by atoms with Crippen LogP contribution in [0.2, 0.25) is 0 Å². The first-order valence-corrected chi connectivity index (χ1v) is 10.0. The summed E-state index contributed by atoms with van der Waals surface area (Å²) in [7, 11) is 0. The van der Waals surface area contributed by atoms with Gasteiger partial charge in [0.1, 0.15) is 16.1 Å². The average molecular weight is 392 g/mol. The second kappa shape index (κ2) is 7.52. The molecule has 4 rings (SSSR count). The molecule has 4 aromatic rings. The maximum atomic E-state index is 12.9. The number of hydrogen-bond acceptors (Lipinski definition) is 5. The maximum Gasteiger partial charge on any atom is 0.271 e. The first kappa shape index (κ1) is 18.3. The third kappa shape index (κ3) is 3.41. The lowest BCUT2D eigenvalue weighted by Crippen LogP contribution is -2.37. The zero-order valence-corrected chi connectivity index (χ0v) is 16.5. The van der Waals surface area contributed by atoms with Crippen molar-refractivity contribution >= 4 is 37.7 Å². The van der Waals surface area contributed by atoms with Gasteiger partial charge in [-0.15, -0.1) is 11.3 Å². The van der Waals surface area contributed by atoms with E-state index in [0.717, 1.165) is 27.9 Å². The van der Waals surface area contributed by atoms with Crippen LogP contribution in [0, 0.1) is 0 Å². The highest BCUT2D eigenvalue weighted by Crippen LogP contribution is 2.31. The molecule has 0 aliphatic carbocycles. The van der Waals surface area contributed by atoms with Gasteiger partial charge in [0.05, 0.1) is 17.5 Å². The predicted molar refractivity (Wildman–Crippen MR) is 113 cm³/mol. The van der Waals surface area contributed by atoms with Gasteiger partial charge in [-0.05, 0) is 25.5 Å². The molecule has 142 valence electrons. The summed E-state index contributed by atoms with van der Waals surface area (Å²) in [6.07, 6.45) is 2.28. The van der Waals surface area contributed by atoms with Crippen molar-refractivity contribution < 1.29 is 4.79 Å². The summed E-state index contributed by atoms with van der Waals surface area (Å²) < 4.78 is 1.87. The van der Waals surface area contributed by atoms with E-state index in [-0.39, 0.29) is 24.1 Å². The lowest BCUT2D eigenvalue weighted by molar-refractivity contribution is -0.122. The number of carbonyl (C=O) groups excluding carboxylic acids is 1. The van der Waals surface area contributed by atoms with Crippen molar-refractivity contribution in [3.8, 4) is 11.3 Å². The molecule has 0 saturated carbocycles. The fourth-order valence-electron chi connectivity index (χ4n) is 3.01. The van der Waals surface area contributed by atoms with Crippen LogP contribution in [0.5, 0.6) is 0 Å². The average Bonchev–Trinajstić information content (AvgIpc) is 3.09. The number of nitrogens with one attached hydrogen (secondary N) is 1. The van der Waals surface area contributed by atoms with Crippen LogP contribution in [-0.2, 0) is 11.3 Å². The minimum atomic E-state index is -0.214. The molecule has 3 heterocycles. The number of aromatic nitrogens is 3. The fourth-order valence-corrected chi connectivity index (χ4v) is 4.08. The van der Waals surface area contributed by atoms with Gasteiger partial charge in [0.25, 0.3) is 5.56 Å². The van der Waals surface area contributed by atoms with E-state index in [1.165, 1.54) is 22.2 Å².